The second-order valence-corrected chi connectivity index (χ2v) is 7.98. The molecule has 0 saturated carbocycles. The van der Waals surface area contributed by atoms with Crippen molar-refractivity contribution in [2.45, 2.75) is 33.0 Å². The summed E-state index contributed by atoms with van der Waals surface area (Å²) in [6.45, 7) is 6.14. The number of nitrogens with zero attached hydrogens (tertiary/aromatic N) is 1. The van der Waals surface area contributed by atoms with E-state index in [1.165, 1.54) is 18.2 Å². The zero-order valence-corrected chi connectivity index (χ0v) is 20.1. The van der Waals surface area contributed by atoms with Gasteiger partial charge in [0.1, 0.15) is 0 Å². The number of hydrogen-bond donors (Lipinski definition) is 3. The minimum Gasteiger partial charge on any atom is -0.463 e. The monoisotopic (exact) mass is 506 g/mol. The van der Waals surface area contributed by atoms with Crippen LogP contribution in [-0.2, 0) is 15.7 Å². The maximum absolute atomic E-state index is 13.2. The fourth-order valence-corrected chi connectivity index (χ4v) is 4.19. The normalized spacial score (nSPS) is 16.0. The lowest BCUT2D eigenvalue weighted by atomic mass is 9.94. The van der Waals surface area contributed by atoms with E-state index in [4.69, 9.17) is 17.0 Å². The highest BCUT2D eigenvalue weighted by molar-refractivity contribution is 7.80. The summed E-state index contributed by atoms with van der Waals surface area (Å²) in [7, 11) is 0. The van der Waals surface area contributed by atoms with Crippen LogP contribution in [0.4, 0.5) is 29.3 Å². The molecule has 2 aromatic carbocycles. The molecule has 0 saturated heterocycles. The first-order chi connectivity index (χ1) is 16.6. The average molecular weight is 507 g/mol. The molecule has 0 bridgehead atoms. The molecule has 186 valence electrons. The first kappa shape index (κ1) is 26.0. The smallest absolute Gasteiger partial charge is 0.418 e. The number of urea groups is 1. The van der Waals surface area contributed by atoms with Crippen molar-refractivity contribution in [1.82, 2.24) is 10.2 Å². The van der Waals surface area contributed by atoms with E-state index in [2.05, 4.69) is 16.0 Å². The Bertz CT molecular complexity index is 1170. The van der Waals surface area contributed by atoms with Crippen molar-refractivity contribution in [2.24, 2.45) is 0 Å². The molecule has 2 amide bonds. The molecule has 1 aliphatic heterocycles. The van der Waals surface area contributed by atoms with Crippen LogP contribution >= 0.6 is 12.2 Å². The third-order valence-electron chi connectivity index (χ3n) is 5.37. The van der Waals surface area contributed by atoms with Gasteiger partial charge in [0.25, 0.3) is 0 Å². The van der Waals surface area contributed by atoms with Crippen molar-refractivity contribution in [3.8, 4) is 0 Å². The second kappa shape index (κ2) is 10.8. The third-order valence-corrected chi connectivity index (χ3v) is 5.70. The molecule has 1 aliphatic rings. The molecular formula is C24H25F3N4O3S. The number of carbonyl (C=O) groups is 2. The van der Waals surface area contributed by atoms with Crippen LogP contribution in [0, 0.1) is 0 Å². The van der Waals surface area contributed by atoms with Crippen LogP contribution in [0.3, 0.4) is 0 Å². The summed E-state index contributed by atoms with van der Waals surface area (Å²) in [6, 6.07) is 9.81. The van der Waals surface area contributed by atoms with Gasteiger partial charge < -0.3 is 25.6 Å². The number of nitrogens with one attached hydrogen (secondary N) is 3. The molecule has 11 heteroatoms. The van der Waals surface area contributed by atoms with E-state index >= 15 is 0 Å². The number of alkyl halides is 3. The Morgan fingerprint density at radius 3 is 2.49 bits per heavy atom. The van der Waals surface area contributed by atoms with Gasteiger partial charge in [-0.2, -0.15) is 13.2 Å². The van der Waals surface area contributed by atoms with Crippen LogP contribution < -0.4 is 16.0 Å². The standard InChI is InChI=1S/C24H25F3N4O3S/c1-4-31-14(3)19(21(32)34-5-2)20(30-23(31)35)15-9-8-10-16(13-15)28-22(33)29-18-12-7-6-11-17(18)24(25,26)27/h6-13,20H,4-5H2,1-3H3,(H,30,35)(H2,28,29,33). The number of esters is 1. The molecule has 0 aliphatic carbocycles. The van der Waals surface area contributed by atoms with Crippen molar-refractivity contribution in [3.63, 3.8) is 0 Å². The van der Waals surface area contributed by atoms with Crippen LogP contribution in [0.25, 0.3) is 0 Å². The van der Waals surface area contributed by atoms with Crippen LogP contribution in [0.2, 0.25) is 0 Å². The predicted molar refractivity (Wildman–Crippen MR) is 131 cm³/mol. The Morgan fingerprint density at radius 2 is 1.83 bits per heavy atom. The second-order valence-electron chi connectivity index (χ2n) is 7.59. The lowest BCUT2D eigenvalue weighted by Gasteiger charge is -2.37. The van der Waals surface area contributed by atoms with Crippen molar-refractivity contribution < 1.29 is 27.5 Å². The molecule has 0 aromatic heterocycles. The molecule has 1 heterocycles. The van der Waals surface area contributed by atoms with Crippen molar-refractivity contribution in [2.75, 3.05) is 23.8 Å². The van der Waals surface area contributed by atoms with Crippen molar-refractivity contribution >= 4 is 40.7 Å². The quantitative estimate of drug-likeness (QED) is 0.358. The first-order valence-electron chi connectivity index (χ1n) is 10.9. The minimum absolute atomic E-state index is 0.195. The molecule has 1 atom stereocenters. The number of benzene rings is 2. The highest BCUT2D eigenvalue weighted by Gasteiger charge is 2.35. The van der Waals surface area contributed by atoms with E-state index < -0.39 is 29.8 Å². The number of rotatable bonds is 6. The number of para-hydroxylation sites is 1. The Labute approximate surface area is 206 Å². The van der Waals surface area contributed by atoms with Crippen LogP contribution in [-0.4, -0.2) is 35.2 Å². The van der Waals surface area contributed by atoms with Crippen LogP contribution in [0.1, 0.15) is 37.9 Å². The molecule has 35 heavy (non-hydrogen) atoms. The van der Waals surface area contributed by atoms with E-state index in [0.29, 0.717) is 34.2 Å². The van der Waals surface area contributed by atoms with Gasteiger partial charge in [-0.25, -0.2) is 9.59 Å². The maximum atomic E-state index is 13.2. The number of halogens is 3. The summed E-state index contributed by atoms with van der Waals surface area (Å²) in [5, 5.41) is 8.36. The van der Waals surface area contributed by atoms with E-state index in [1.807, 2.05) is 6.92 Å². The number of thiocarbonyl (C=S) groups is 1. The lowest BCUT2D eigenvalue weighted by molar-refractivity contribution is -0.139. The Balaban J connectivity index is 1.87. The zero-order valence-electron chi connectivity index (χ0n) is 19.3. The summed E-state index contributed by atoms with van der Waals surface area (Å²) in [5.74, 6) is -0.497. The van der Waals surface area contributed by atoms with E-state index in [0.717, 1.165) is 6.07 Å². The highest BCUT2D eigenvalue weighted by Crippen LogP contribution is 2.35. The largest absolute Gasteiger partial charge is 0.463 e. The Kier molecular flexibility index (Phi) is 8.00. The molecular weight excluding hydrogens is 481 g/mol. The SMILES string of the molecule is CCOC(=O)C1=C(C)N(CC)C(=S)NC1c1cccc(NC(=O)Nc2ccccc2C(F)(F)F)c1. The molecule has 0 radical (unpaired) electrons. The van der Waals surface area contributed by atoms with Crippen molar-refractivity contribution in [1.29, 1.82) is 0 Å². The van der Waals surface area contributed by atoms with E-state index in [9.17, 15) is 22.8 Å². The first-order valence-corrected chi connectivity index (χ1v) is 11.3. The van der Waals surface area contributed by atoms with E-state index in [-0.39, 0.29) is 12.3 Å². The molecule has 1 unspecified atom stereocenters. The maximum Gasteiger partial charge on any atom is 0.418 e. The number of carbonyl (C=O) groups excluding carboxylic acids is 2. The molecule has 7 nitrogen and oxygen atoms in total. The molecule has 0 spiro atoms. The van der Waals surface area contributed by atoms with Gasteiger partial charge >= 0.3 is 18.2 Å². The summed E-state index contributed by atoms with van der Waals surface area (Å²) in [6.07, 6.45) is -4.62. The number of hydrogen-bond acceptors (Lipinski definition) is 4. The van der Waals surface area contributed by atoms with Gasteiger partial charge in [0.15, 0.2) is 5.11 Å². The predicted octanol–water partition coefficient (Wildman–Crippen LogP) is 5.44. The van der Waals surface area contributed by atoms with Crippen LogP contribution in [0.5, 0.6) is 0 Å². The number of allylic oxidation sites excluding steroid dienone is 1. The van der Waals surface area contributed by atoms with Gasteiger partial charge in [0, 0.05) is 17.9 Å². The van der Waals surface area contributed by atoms with Gasteiger partial charge in [0.05, 0.1) is 29.5 Å². The molecule has 2 aromatic rings. The van der Waals surface area contributed by atoms with Crippen LogP contribution in [0.15, 0.2) is 59.8 Å². The summed E-state index contributed by atoms with van der Waals surface area (Å²) >= 11 is 5.46. The van der Waals surface area contributed by atoms with Crippen molar-refractivity contribution in [3.05, 3.63) is 70.9 Å². The van der Waals surface area contributed by atoms with Gasteiger partial charge in [0.2, 0.25) is 0 Å². The average Bonchev–Trinajstić information content (AvgIpc) is 2.78. The minimum atomic E-state index is -4.62. The summed E-state index contributed by atoms with van der Waals surface area (Å²) in [5.41, 5.74) is 0.636. The lowest BCUT2D eigenvalue weighted by Crippen LogP contribution is -2.47. The summed E-state index contributed by atoms with van der Waals surface area (Å²) in [4.78, 5) is 27.0. The number of anilines is 2. The van der Waals surface area contributed by atoms with Gasteiger partial charge in [-0.15, -0.1) is 0 Å². The topological polar surface area (TPSA) is 82.7 Å². The molecule has 3 N–H and O–H groups in total. The fraction of sp³-hybridized carbons (Fsp3) is 0.292. The zero-order chi connectivity index (χ0) is 25.8. The number of ether oxygens (including phenoxy) is 1. The highest BCUT2D eigenvalue weighted by atomic mass is 32.1. The Morgan fingerprint density at radius 1 is 1.11 bits per heavy atom. The van der Waals surface area contributed by atoms with Gasteiger partial charge in [-0.1, -0.05) is 24.3 Å². The fourth-order valence-electron chi connectivity index (χ4n) is 3.81. The Hall–Kier alpha value is -3.60. The van der Waals surface area contributed by atoms with Gasteiger partial charge in [-0.05, 0) is 62.8 Å². The molecule has 0 fully saturated rings. The summed E-state index contributed by atoms with van der Waals surface area (Å²) < 4.78 is 44.9. The number of amides is 2. The van der Waals surface area contributed by atoms with Gasteiger partial charge in [-0.3, -0.25) is 0 Å². The third kappa shape index (κ3) is 5.91. The van der Waals surface area contributed by atoms with E-state index in [1.54, 1.807) is 43.0 Å². The molecule has 3 rings (SSSR count).